The van der Waals surface area contributed by atoms with Crippen molar-refractivity contribution in [2.24, 2.45) is 0 Å². The van der Waals surface area contributed by atoms with Gasteiger partial charge in [0.05, 0.1) is 23.6 Å². The zero-order valence-corrected chi connectivity index (χ0v) is 28.5. The molecule has 0 atom stereocenters. The number of rotatable bonds is 5. The molecule has 0 aliphatic heterocycles. The molecule has 0 spiro atoms. The standard InChI is InChI=1S/C39H31N5O.Pt/c1-25-8-6-9-26(2)38(25)43-23-34(42-24-43)28-10-7-11-30(19-28)45-31-13-14-32-33-18-27(22-40)12-15-35(33)44(36(32)21-31)37-20-29(16-17-41-37)39(3,4)5;/h6-18,20,23-24H,1-5H3;/q-2;+2. The van der Waals surface area contributed by atoms with Crippen LogP contribution in [-0.2, 0) is 26.5 Å². The van der Waals surface area contributed by atoms with Crippen LogP contribution in [0.3, 0.4) is 0 Å². The molecule has 46 heavy (non-hydrogen) atoms. The quantitative estimate of drug-likeness (QED) is 0.164. The smallest absolute Gasteiger partial charge is 0.503 e. The fourth-order valence-corrected chi connectivity index (χ4v) is 5.87. The van der Waals surface area contributed by atoms with E-state index in [-0.39, 0.29) is 26.5 Å². The first-order chi connectivity index (χ1) is 21.7. The molecule has 0 bridgehead atoms. The number of fused-ring (bicyclic) bond motifs is 3. The van der Waals surface area contributed by atoms with Gasteiger partial charge in [-0.25, -0.2) is 4.98 Å². The van der Waals surface area contributed by atoms with E-state index in [1.54, 1.807) is 0 Å². The molecule has 228 valence electrons. The second-order valence-electron chi connectivity index (χ2n) is 12.4. The number of pyridine rings is 1. The molecule has 0 aliphatic rings. The minimum atomic E-state index is -0.0438. The molecule has 4 aromatic carbocycles. The summed E-state index contributed by atoms with van der Waals surface area (Å²) in [6, 6.07) is 35.1. The molecular weight excluding hydrogens is 750 g/mol. The first kappa shape index (κ1) is 31.0. The SMILES string of the molecule is Cc1cccc(C)c1-n1cnc(-c2[c-]c(Oc3[c-]c4c(cc3)c3cc(C#N)ccc3n4-c3cc(C(C)(C)C)ccn3)ccc2)c1.[Pt+2]. The van der Waals surface area contributed by atoms with Gasteiger partial charge in [0.25, 0.3) is 0 Å². The monoisotopic (exact) mass is 780 g/mol. The van der Waals surface area contributed by atoms with E-state index in [1.807, 2.05) is 67.3 Å². The van der Waals surface area contributed by atoms with Crippen molar-refractivity contribution in [3.8, 4) is 40.3 Å². The average molecular weight is 781 g/mol. The Bertz CT molecular complexity index is 2260. The van der Waals surface area contributed by atoms with Crippen LogP contribution in [0.4, 0.5) is 0 Å². The summed E-state index contributed by atoms with van der Waals surface area (Å²) >= 11 is 0. The van der Waals surface area contributed by atoms with Crippen molar-refractivity contribution < 1.29 is 25.8 Å². The number of aryl methyl sites for hydroxylation is 2. The maximum absolute atomic E-state index is 9.61. The summed E-state index contributed by atoms with van der Waals surface area (Å²) in [4.78, 5) is 9.43. The number of nitrogens with zero attached hydrogens (tertiary/aromatic N) is 5. The van der Waals surface area contributed by atoms with Crippen LogP contribution in [0.15, 0.2) is 97.6 Å². The predicted octanol–water partition coefficient (Wildman–Crippen LogP) is 9.21. The van der Waals surface area contributed by atoms with Crippen molar-refractivity contribution in [3.05, 3.63) is 132 Å². The molecule has 0 radical (unpaired) electrons. The van der Waals surface area contributed by atoms with E-state index >= 15 is 0 Å². The van der Waals surface area contributed by atoms with Crippen LogP contribution in [0, 0.1) is 37.3 Å². The molecule has 0 saturated heterocycles. The molecule has 3 aromatic heterocycles. The third-order valence-electron chi connectivity index (χ3n) is 8.16. The summed E-state index contributed by atoms with van der Waals surface area (Å²) in [5.74, 6) is 1.90. The van der Waals surface area contributed by atoms with Gasteiger partial charge in [0.2, 0.25) is 0 Å². The first-order valence-electron chi connectivity index (χ1n) is 14.9. The van der Waals surface area contributed by atoms with Gasteiger partial charge in [0, 0.05) is 28.9 Å². The maximum Gasteiger partial charge on any atom is 2.00 e. The maximum atomic E-state index is 9.61. The molecule has 7 rings (SSSR count). The van der Waals surface area contributed by atoms with Gasteiger partial charge in [-0.2, -0.15) is 11.3 Å². The number of ether oxygens (including phenoxy) is 1. The van der Waals surface area contributed by atoms with E-state index in [0.717, 1.165) is 44.6 Å². The number of hydrogen-bond acceptors (Lipinski definition) is 4. The summed E-state index contributed by atoms with van der Waals surface area (Å²) in [6.45, 7) is 10.8. The number of nitriles is 1. The fraction of sp³-hybridized carbons (Fsp3) is 0.154. The Hall–Kier alpha value is -4.98. The van der Waals surface area contributed by atoms with Crippen LogP contribution in [0.5, 0.6) is 11.5 Å². The van der Waals surface area contributed by atoms with Crippen molar-refractivity contribution in [3.63, 3.8) is 0 Å². The molecule has 0 aliphatic carbocycles. The molecule has 7 aromatic rings. The van der Waals surface area contributed by atoms with E-state index < -0.39 is 0 Å². The van der Waals surface area contributed by atoms with Crippen LogP contribution in [0.1, 0.15) is 43.0 Å². The van der Waals surface area contributed by atoms with Crippen LogP contribution < -0.4 is 4.74 Å². The molecular formula is C39H31N5OPt. The van der Waals surface area contributed by atoms with Crippen LogP contribution >= 0.6 is 0 Å². The van der Waals surface area contributed by atoms with Gasteiger partial charge >= 0.3 is 21.1 Å². The number of benzene rings is 4. The Kier molecular flexibility index (Phi) is 8.15. The molecule has 3 heterocycles. The number of para-hydroxylation sites is 1. The van der Waals surface area contributed by atoms with Crippen LogP contribution in [0.2, 0.25) is 0 Å². The van der Waals surface area contributed by atoms with E-state index in [0.29, 0.717) is 17.1 Å². The van der Waals surface area contributed by atoms with Crippen molar-refractivity contribution in [2.75, 3.05) is 0 Å². The third kappa shape index (κ3) is 5.64. The molecule has 0 amide bonds. The zero-order valence-electron chi connectivity index (χ0n) is 26.2. The fourth-order valence-electron chi connectivity index (χ4n) is 5.87. The molecule has 0 unspecified atom stereocenters. The Morgan fingerprint density at radius 3 is 2.35 bits per heavy atom. The number of imidazole rings is 1. The minimum absolute atomic E-state index is 0. The third-order valence-corrected chi connectivity index (χ3v) is 8.16. The Balaban J connectivity index is 0.00000372. The van der Waals surface area contributed by atoms with Gasteiger partial charge in [-0.1, -0.05) is 50.6 Å². The van der Waals surface area contributed by atoms with Gasteiger partial charge in [-0.3, -0.25) is 4.98 Å². The number of hydrogen-bond donors (Lipinski definition) is 0. The summed E-state index contributed by atoms with van der Waals surface area (Å²) in [5, 5.41) is 11.5. The zero-order chi connectivity index (χ0) is 31.3. The van der Waals surface area contributed by atoms with Gasteiger partial charge < -0.3 is 13.9 Å². The molecule has 0 fully saturated rings. The van der Waals surface area contributed by atoms with Crippen LogP contribution in [-0.4, -0.2) is 19.1 Å². The van der Waals surface area contributed by atoms with Crippen molar-refractivity contribution in [1.82, 2.24) is 19.1 Å². The van der Waals surface area contributed by atoms with Crippen molar-refractivity contribution >= 4 is 21.8 Å². The molecule has 7 heteroatoms. The molecule has 6 nitrogen and oxygen atoms in total. The largest absolute Gasteiger partial charge is 2.00 e. The van der Waals surface area contributed by atoms with Gasteiger partial charge in [-0.15, -0.1) is 41.3 Å². The predicted molar refractivity (Wildman–Crippen MR) is 178 cm³/mol. The topological polar surface area (TPSA) is 68.7 Å². The molecule has 0 N–H and O–H groups in total. The van der Waals surface area contributed by atoms with E-state index in [9.17, 15) is 5.26 Å². The van der Waals surface area contributed by atoms with E-state index in [4.69, 9.17) is 9.72 Å². The molecule has 0 saturated carbocycles. The first-order valence-corrected chi connectivity index (χ1v) is 14.9. The van der Waals surface area contributed by atoms with Gasteiger partial charge in [-0.05, 0) is 77.9 Å². The van der Waals surface area contributed by atoms with E-state index in [2.05, 4.69) is 97.3 Å². The summed E-state index contributed by atoms with van der Waals surface area (Å²) in [6.07, 6.45) is 5.71. The van der Waals surface area contributed by atoms with Crippen molar-refractivity contribution in [2.45, 2.75) is 40.0 Å². The number of aromatic nitrogens is 4. The van der Waals surface area contributed by atoms with Crippen molar-refractivity contribution in [1.29, 1.82) is 5.26 Å². The minimum Gasteiger partial charge on any atom is -0.503 e. The second-order valence-corrected chi connectivity index (χ2v) is 12.4. The van der Waals surface area contributed by atoms with Gasteiger partial charge in [0.15, 0.2) is 0 Å². The van der Waals surface area contributed by atoms with Gasteiger partial charge in [0.1, 0.15) is 5.82 Å². The second kappa shape index (κ2) is 12.1. The summed E-state index contributed by atoms with van der Waals surface area (Å²) < 4.78 is 10.5. The normalized spacial score (nSPS) is 11.4. The summed E-state index contributed by atoms with van der Waals surface area (Å²) in [7, 11) is 0. The average Bonchev–Trinajstić information content (AvgIpc) is 3.63. The van der Waals surface area contributed by atoms with E-state index in [1.165, 1.54) is 16.7 Å². The Morgan fingerprint density at radius 2 is 1.59 bits per heavy atom. The summed E-state index contributed by atoms with van der Waals surface area (Å²) in [5.41, 5.74) is 8.65. The Labute approximate surface area is 283 Å². The Morgan fingerprint density at radius 1 is 0.826 bits per heavy atom. The van der Waals surface area contributed by atoms with Crippen LogP contribution in [0.25, 0.3) is 44.6 Å².